The van der Waals surface area contributed by atoms with Gasteiger partial charge in [0.15, 0.2) is 0 Å². The zero-order valence-electron chi connectivity index (χ0n) is 10.1. The predicted octanol–water partition coefficient (Wildman–Crippen LogP) is 1.27. The van der Waals surface area contributed by atoms with Crippen LogP contribution in [0.2, 0.25) is 0 Å². The number of hydrogen-bond acceptors (Lipinski definition) is 4. The molecule has 5 heteroatoms. The van der Waals surface area contributed by atoms with E-state index in [1.807, 2.05) is 31.1 Å². The van der Waals surface area contributed by atoms with Gasteiger partial charge in [-0.2, -0.15) is 0 Å². The van der Waals surface area contributed by atoms with E-state index in [1.54, 1.807) is 6.20 Å². The van der Waals surface area contributed by atoms with Crippen molar-refractivity contribution in [1.82, 2.24) is 4.98 Å². The summed E-state index contributed by atoms with van der Waals surface area (Å²) in [6.07, 6.45) is 3.11. The monoisotopic (exact) mass is 235 g/mol. The minimum absolute atomic E-state index is 0.0816. The average Bonchev–Trinajstić information content (AvgIpc) is 2.83. The van der Waals surface area contributed by atoms with Crippen LogP contribution in [0.5, 0.6) is 0 Å². The molecule has 0 aromatic carbocycles. The van der Waals surface area contributed by atoms with E-state index in [0.29, 0.717) is 12.3 Å². The Kier molecular flexibility index (Phi) is 3.58. The SMILES string of the molecule is CN(C)c1ccc(NC(=O)[C@H]2CCCO2)cn1. The first-order valence-corrected chi connectivity index (χ1v) is 5.72. The number of carbonyl (C=O) groups is 1. The first-order chi connectivity index (χ1) is 8.16. The zero-order chi connectivity index (χ0) is 12.3. The van der Waals surface area contributed by atoms with Gasteiger partial charge in [-0.05, 0) is 25.0 Å². The molecule has 1 aliphatic rings. The largest absolute Gasteiger partial charge is 0.368 e. The summed E-state index contributed by atoms with van der Waals surface area (Å²) >= 11 is 0. The maximum Gasteiger partial charge on any atom is 0.253 e. The second-order valence-electron chi connectivity index (χ2n) is 4.29. The molecule has 0 unspecified atom stereocenters. The minimum atomic E-state index is -0.302. The number of aromatic nitrogens is 1. The number of carbonyl (C=O) groups excluding carboxylic acids is 1. The van der Waals surface area contributed by atoms with Crippen LogP contribution < -0.4 is 10.2 Å². The van der Waals surface area contributed by atoms with E-state index >= 15 is 0 Å². The summed E-state index contributed by atoms with van der Waals surface area (Å²) < 4.78 is 5.31. The summed E-state index contributed by atoms with van der Waals surface area (Å²) in [5.74, 6) is 0.780. The summed E-state index contributed by atoms with van der Waals surface area (Å²) in [6, 6.07) is 3.71. The first kappa shape index (κ1) is 11.9. The molecule has 1 atom stereocenters. The van der Waals surface area contributed by atoms with Crippen molar-refractivity contribution in [3.05, 3.63) is 18.3 Å². The lowest BCUT2D eigenvalue weighted by Crippen LogP contribution is -2.26. The fourth-order valence-electron chi connectivity index (χ4n) is 1.73. The van der Waals surface area contributed by atoms with Crippen molar-refractivity contribution in [1.29, 1.82) is 0 Å². The lowest BCUT2D eigenvalue weighted by molar-refractivity contribution is -0.124. The number of amides is 1. The average molecular weight is 235 g/mol. The Balaban J connectivity index is 1.96. The molecule has 2 rings (SSSR count). The van der Waals surface area contributed by atoms with Crippen LogP contribution in [0.25, 0.3) is 0 Å². The third kappa shape index (κ3) is 2.94. The molecule has 0 saturated carbocycles. The van der Waals surface area contributed by atoms with Gasteiger partial charge in [0.05, 0.1) is 11.9 Å². The molecule has 0 aliphatic carbocycles. The van der Waals surface area contributed by atoms with Crippen molar-refractivity contribution in [2.75, 3.05) is 30.9 Å². The van der Waals surface area contributed by atoms with Gasteiger partial charge in [-0.25, -0.2) is 4.98 Å². The van der Waals surface area contributed by atoms with Crippen LogP contribution in [-0.2, 0) is 9.53 Å². The molecule has 1 aromatic heterocycles. The van der Waals surface area contributed by atoms with Crippen molar-refractivity contribution in [3.8, 4) is 0 Å². The van der Waals surface area contributed by atoms with E-state index in [9.17, 15) is 4.79 Å². The number of nitrogens with one attached hydrogen (secondary N) is 1. The van der Waals surface area contributed by atoms with Gasteiger partial charge in [-0.15, -0.1) is 0 Å². The highest BCUT2D eigenvalue weighted by Gasteiger charge is 2.23. The number of anilines is 2. The molecule has 1 N–H and O–H groups in total. The minimum Gasteiger partial charge on any atom is -0.368 e. The first-order valence-electron chi connectivity index (χ1n) is 5.72. The van der Waals surface area contributed by atoms with Gasteiger partial charge in [-0.3, -0.25) is 4.79 Å². The number of ether oxygens (including phenoxy) is 1. The normalized spacial score (nSPS) is 19.1. The molecule has 17 heavy (non-hydrogen) atoms. The summed E-state index contributed by atoms with van der Waals surface area (Å²) in [5, 5.41) is 2.81. The van der Waals surface area contributed by atoms with Crippen molar-refractivity contribution < 1.29 is 9.53 Å². The van der Waals surface area contributed by atoms with Gasteiger partial charge in [-0.1, -0.05) is 0 Å². The molecule has 5 nitrogen and oxygen atoms in total. The number of nitrogens with zero attached hydrogens (tertiary/aromatic N) is 2. The Labute approximate surface area is 101 Å². The predicted molar refractivity (Wildman–Crippen MR) is 66.2 cm³/mol. The number of hydrogen-bond donors (Lipinski definition) is 1. The van der Waals surface area contributed by atoms with E-state index in [4.69, 9.17) is 4.74 Å². The summed E-state index contributed by atoms with van der Waals surface area (Å²) in [6.45, 7) is 0.676. The quantitative estimate of drug-likeness (QED) is 0.857. The van der Waals surface area contributed by atoms with Crippen LogP contribution in [0.1, 0.15) is 12.8 Å². The lowest BCUT2D eigenvalue weighted by Gasteiger charge is -2.13. The molecule has 2 heterocycles. The molecule has 92 valence electrons. The zero-order valence-corrected chi connectivity index (χ0v) is 10.1. The van der Waals surface area contributed by atoms with Gasteiger partial charge in [0.25, 0.3) is 5.91 Å². The third-order valence-electron chi connectivity index (χ3n) is 2.70. The molecule has 1 aromatic rings. The van der Waals surface area contributed by atoms with Crippen LogP contribution in [0.3, 0.4) is 0 Å². The van der Waals surface area contributed by atoms with E-state index < -0.39 is 0 Å². The molecule has 1 aliphatic heterocycles. The van der Waals surface area contributed by atoms with Crippen LogP contribution >= 0.6 is 0 Å². The van der Waals surface area contributed by atoms with E-state index in [0.717, 1.165) is 18.7 Å². The topological polar surface area (TPSA) is 54.5 Å². The Morgan fingerprint density at radius 3 is 2.88 bits per heavy atom. The van der Waals surface area contributed by atoms with Crippen molar-refractivity contribution >= 4 is 17.4 Å². The highest BCUT2D eigenvalue weighted by atomic mass is 16.5. The van der Waals surface area contributed by atoms with E-state index in [-0.39, 0.29) is 12.0 Å². The summed E-state index contributed by atoms with van der Waals surface area (Å²) in [4.78, 5) is 17.9. The maximum atomic E-state index is 11.8. The molecular formula is C12H17N3O2. The van der Waals surface area contributed by atoms with Crippen LogP contribution in [0.4, 0.5) is 11.5 Å². The summed E-state index contributed by atoms with van der Waals surface area (Å²) in [7, 11) is 3.85. The molecule has 0 radical (unpaired) electrons. The van der Waals surface area contributed by atoms with Crippen molar-refractivity contribution in [2.24, 2.45) is 0 Å². The Morgan fingerprint density at radius 2 is 2.35 bits per heavy atom. The van der Waals surface area contributed by atoms with Gasteiger partial charge in [0, 0.05) is 20.7 Å². The highest BCUT2D eigenvalue weighted by Crippen LogP contribution is 2.16. The number of pyridine rings is 1. The summed E-state index contributed by atoms with van der Waals surface area (Å²) in [5.41, 5.74) is 0.705. The second-order valence-corrected chi connectivity index (χ2v) is 4.29. The smallest absolute Gasteiger partial charge is 0.253 e. The van der Waals surface area contributed by atoms with Gasteiger partial charge < -0.3 is 15.0 Å². The highest BCUT2D eigenvalue weighted by molar-refractivity contribution is 5.94. The molecule has 1 amide bonds. The Bertz CT molecular complexity index is 383. The van der Waals surface area contributed by atoms with Crippen molar-refractivity contribution in [2.45, 2.75) is 18.9 Å². The van der Waals surface area contributed by atoms with Gasteiger partial charge in [0.2, 0.25) is 0 Å². The van der Waals surface area contributed by atoms with E-state index in [1.165, 1.54) is 0 Å². The molecule has 1 saturated heterocycles. The fraction of sp³-hybridized carbons (Fsp3) is 0.500. The van der Waals surface area contributed by atoms with E-state index in [2.05, 4.69) is 10.3 Å². The standard InChI is InChI=1S/C12H17N3O2/c1-15(2)11-6-5-9(8-13-11)14-12(16)10-4-3-7-17-10/h5-6,8,10H,3-4,7H2,1-2H3,(H,14,16)/t10-/m1/s1. The van der Waals surface area contributed by atoms with Gasteiger partial charge in [0.1, 0.15) is 11.9 Å². The van der Waals surface area contributed by atoms with Crippen LogP contribution in [-0.4, -0.2) is 37.7 Å². The lowest BCUT2D eigenvalue weighted by atomic mass is 10.2. The van der Waals surface area contributed by atoms with Crippen LogP contribution in [0, 0.1) is 0 Å². The molecular weight excluding hydrogens is 218 g/mol. The molecule has 0 spiro atoms. The Morgan fingerprint density at radius 1 is 1.53 bits per heavy atom. The van der Waals surface area contributed by atoms with Gasteiger partial charge >= 0.3 is 0 Å². The molecule has 1 fully saturated rings. The van der Waals surface area contributed by atoms with Crippen molar-refractivity contribution in [3.63, 3.8) is 0 Å². The fourth-order valence-corrected chi connectivity index (χ4v) is 1.73. The number of rotatable bonds is 3. The maximum absolute atomic E-state index is 11.8. The third-order valence-corrected chi connectivity index (χ3v) is 2.70. The Hall–Kier alpha value is -1.62. The second kappa shape index (κ2) is 5.14. The van der Waals surface area contributed by atoms with Crippen LogP contribution in [0.15, 0.2) is 18.3 Å². The molecule has 0 bridgehead atoms.